The van der Waals surface area contributed by atoms with E-state index in [-0.39, 0.29) is 16.8 Å². The summed E-state index contributed by atoms with van der Waals surface area (Å²) < 4.78 is 39.9. The summed E-state index contributed by atoms with van der Waals surface area (Å²) in [6.45, 7) is 0. The molecule has 0 bridgehead atoms. The summed E-state index contributed by atoms with van der Waals surface area (Å²) in [6, 6.07) is 6.09. The van der Waals surface area contributed by atoms with Gasteiger partial charge >= 0.3 is 12.1 Å². The highest BCUT2D eigenvalue weighted by Crippen LogP contribution is 2.38. The van der Waals surface area contributed by atoms with Gasteiger partial charge in [0.25, 0.3) is 0 Å². The number of hydrogen-bond acceptors (Lipinski definition) is 5. The number of aromatic nitrogens is 3. The molecule has 0 amide bonds. The first-order valence-electron chi connectivity index (χ1n) is 6.93. The van der Waals surface area contributed by atoms with E-state index in [9.17, 15) is 23.1 Å². The fourth-order valence-corrected chi connectivity index (χ4v) is 2.72. The lowest BCUT2D eigenvalue weighted by Crippen LogP contribution is -2.10. The first kappa shape index (κ1) is 17.2. The van der Waals surface area contributed by atoms with Crippen LogP contribution in [0.25, 0.3) is 22.2 Å². The first-order valence-corrected chi connectivity index (χ1v) is 8.15. The fourth-order valence-electron chi connectivity index (χ4n) is 2.38. The summed E-state index contributed by atoms with van der Waals surface area (Å²) in [7, 11) is 0. The summed E-state index contributed by atoms with van der Waals surface area (Å²) in [5, 5.41) is 10.2. The van der Waals surface area contributed by atoms with Crippen molar-refractivity contribution >= 4 is 28.8 Å². The van der Waals surface area contributed by atoms with Crippen molar-refractivity contribution in [2.75, 3.05) is 6.26 Å². The number of carboxylic acid groups (broad SMARTS) is 1. The molecule has 1 N–H and O–H groups in total. The zero-order chi connectivity index (χ0) is 18.2. The average Bonchev–Trinajstić information content (AvgIpc) is 2.59. The molecule has 0 fully saturated rings. The number of nitrogens with zero attached hydrogens (tertiary/aromatic N) is 3. The molecule has 2 heterocycles. The van der Waals surface area contributed by atoms with Crippen molar-refractivity contribution in [2.24, 2.45) is 0 Å². The van der Waals surface area contributed by atoms with E-state index in [4.69, 9.17) is 0 Å². The number of carbonyl (C=O) groups is 1. The SMILES string of the molecule is CSc1ncc2cc(-c3ccccc3C(F)(F)F)c(C(=O)O)nc2n1. The Morgan fingerprint density at radius 1 is 1.16 bits per heavy atom. The van der Waals surface area contributed by atoms with Crippen LogP contribution in [0.1, 0.15) is 16.1 Å². The lowest BCUT2D eigenvalue weighted by atomic mass is 9.97. The van der Waals surface area contributed by atoms with Gasteiger partial charge in [-0.15, -0.1) is 0 Å². The van der Waals surface area contributed by atoms with Crippen LogP contribution in [-0.4, -0.2) is 32.3 Å². The predicted octanol–water partition coefficient (Wildman–Crippen LogP) is 4.13. The largest absolute Gasteiger partial charge is 0.476 e. The number of benzene rings is 1. The molecule has 0 aliphatic heterocycles. The van der Waals surface area contributed by atoms with Crippen molar-refractivity contribution in [3.63, 3.8) is 0 Å². The smallest absolute Gasteiger partial charge is 0.417 e. The molecule has 3 rings (SSSR count). The van der Waals surface area contributed by atoms with Gasteiger partial charge in [-0.2, -0.15) is 13.2 Å². The van der Waals surface area contributed by atoms with Crippen LogP contribution in [0.4, 0.5) is 13.2 Å². The topological polar surface area (TPSA) is 76.0 Å². The van der Waals surface area contributed by atoms with E-state index in [0.29, 0.717) is 10.5 Å². The van der Waals surface area contributed by atoms with E-state index in [0.717, 1.165) is 6.07 Å². The third-order valence-corrected chi connectivity index (χ3v) is 4.02. The molecule has 25 heavy (non-hydrogen) atoms. The number of hydrogen-bond donors (Lipinski definition) is 1. The quantitative estimate of drug-likeness (QED) is 0.556. The summed E-state index contributed by atoms with van der Waals surface area (Å²) in [4.78, 5) is 23.7. The Labute approximate surface area is 143 Å². The Balaban J connectivity index is 2.33. The first-order chi connectivity index (χ1) is 11.8. The molecule has 0 aliphatic rings. The summed E-state index contributed by atoms with van der Waals surface area (Å²) >= 11 is 1.25. The standard InChI is InChI=1S/C16H10F3N3O2S/c1-25-15-20-7-8-6-10(12(14(23)24)21-13(8)22-15)9-4-2-3-5-11(9)16(17,18)19/h2-7H,1H3,(H,23,24). The number of halogens is 3. The van der Waals surface area contributed by atoms with Crippen LogP contribution in [0.5, 0.6) is 0 Å². The zero-order valence-corrected chi connectivity index (χ0v) is 13.5. The average molecular weight is 365 g/mol. The van der Waals surface area contributed by atoms with Crippen LogP contribution in [0.3, 0.4) is 0 Å². The summed E-state index contributed by atoms with van der Waals surface area (Å²) in [6.07, 6.45) is -1.47. The zero-order valence-electron chi connectivity index (χ0n) is 12.7. The molecule has 9 heteroatoms. The molecular weight excluding hydrogens is 355 g/mol. The van der Waals surface area contributed by atoms with Crippen LogP contribution in [0.2, 0.25) is 0 Å². The normalized spacial score (nSPS) is 11.7. The van der Waals surface area contributed by atoms with Gasteiger partial charge in [0.1, 0.15) is 0 Å². The molecule has 5 nitrogen and oxygen atoms in total. The van der Waals surface area contributed by atoms with E-state index in [1.165, 1.54) is 42.2 Å². The molecule has 128 valence electrons. The molecule has 0 atom stereocenters. The van der Waals surface area contributed by atoms with Gasteiger partial charge in [-0.05, 0) is 24.0 Å². The number of aromatic carboxylic acids is 1. The van der Waals surface area contributed by atoms with Crippen LogP contribution in [0.15, 0.2) is 41.7 Å². The third kappa shape index (κ3) is 3.27. The number of alkyl halides is 3. The molecule has 3 aromatic rings. The van der Waals surface area contributed by atoms with Crippen molar-refractivity contribution in [3.05, 3.63) is 47.8 Å². The molecule has 0 unspecified atom stereocenters. The number of fused-ring (bicyclic) bond motifs is 1. The summed E-state index contributed by atoms with van der Waals surface area (Å²) in [5.41, 5.74) is -1.69. The second-order valence-electron chi connectivity index (χ2n) is 5.00. The van der Waals surface area contributed by atoms with E-state index in [2.05, 4.69) is 15.0 Å². The fraction of sp³-hybridized carbons (Fsp3) is 0.125. The molecule has 0 spiro atoms. The second-order valence-corrected chi connectivity index (χ2v) is 5.78. The van der Waals surface area contributed by atoms with Crippen LogP contribution in [0, 0.1) is 0 Å². The van der Waals surface area contributed by atoms with Crippen molar-refractivity contribution in [1.29, 1.82) is 0 Å². The maximum Gasteiger partial charge on any atom is 0.417 e. The molecule has 0 saturated heterocycles. The minimum Gasteiger partial charge on any atom is -0.476 e. The van der Waals surface area contributed by atoms with Crippen LogP contribution < -0.4 is 0 Å². The molecule has 0 aliphatic carbocycles. The highest BCUT2D eigenvalue weighted by molar-refractivity contribution is 7.98. The Bertz CT molecular complexity index is 976. The monoisotopic (exact) mass is 365 g/mol. The Kier molecular flexibility index (Phi) is 4.34. The number of pyridine rings is 1. The lowest BCUT2D eigenvalue weighted by Gasteiger charge is -2.14. The van der Waals surface area contributed by atoms with Gasteiger partial charge in [-0.25, -0.2) is 19.7 Å². The van der Waals surface area contributed by atoms with Gasteiger partial charge in [0.2, 0.25) is 0 Å². The van der Waals surface area contributed by atoms with Crippen molar-refractivity contribution in [2.45, 2.75) is 11.3 Å². The number of rotatable bonds is 3. The minimum absolute atomic E-state index is 0.116. The molecular formula is C16H10F3N3O2S. The number of thioether (sulfide) groups is 1. The van der Waals surface area contributed by atoms with Crippen molar-refractivity contribution < 1.29 is 23.1 Å². The van der Waals surface area contributed by atoms with E-state index < -0.39 is 23.4 Å². The molecule has 1 aromatic carbocycles. The van der Waals surface area contributed by atoms with Crippen LogP contribution >= 0.6 is 11.8 Å². The molecule has 2 aromatic heterocycles. The highest BCUT2D eigenvalue weighted by Gasteiger charge is 2.34. The maximum absolute atomic E-state index is 13.3. The Morgan fingerprint density at radius 3 is 2.52 bits per heavy atom. The second kappa shape index (κ2) is 6.32. The van der Waals surface area contributed by atoms with Gasteiger partial charge in [0.15, 0.2) is 16.5 Å². The number of carboxylic acids is 1. The van der Waals surface area contributed by atoms with E-state index in [1.807, 2.05) is 0 Å². The van der Waals surface area contributed by atoms with E-state index >= 15 is 0 Å². The maximum atomic E-state index is 13.3. The van der Waals surface area contributed by atoms with Gasteiger partial charge in [-0.1, -0.05) is 30.0 Å². The van der Waals surface area contributed by atoms with Gasteiger partial charge in [-0.3, -0.25) is 0 Å². The Hall–Kier alpha value is -2.68. The van der Waals surface area contributed by atoms with Gasteiger partial charge < -0.3 is 5.11 Å². The summed E-state index contributed by atoms with van der Waals surface area (Å²) in [5.74, 6) is -1.43. The lowest BCUT2D eigenvalue weighted by molar-refractivity contribution is -0.137. The Morgan fingerprint density at radius 2 is 1.88 bits per heavy atom. The highest BCUT2D eigenvalue weighted by atomic mass is 32.2. The van der Waals surface area contributed by atoms with Crippen molar-refractivity contribution in [1.82, 2.24) is 15.0 Å². The van der Waals surface area contributed by atoms with Crippen molar-refractivity contribution in [3.8, 4) is 11.1 Å². The van der Waals surface area contributed by atoms with Gasteiger partial charge in [0, 0.05) is 17.1 Å². The predicted molar refractivity (Wildman–Crippen MR) is 86.5 cm³/mol. The third-order valence-electron chi connectivity index (χ3n) is 3.45. The van der Waals surface area contributed by atoms with Gasteiger partial charge in [0.05, 0.1) is 5.56 Å². The van der Waals surface area contributed by atoms with Crippen LogP contribution in [-0.2, 0) is 6.18 Å². The van der Waals surface area contributed by atoms with E-state index in [1.54, 1.807) is 6.26 Å². The molecule has 0 saturated carbocycles. The minimum atomic E-state index is -4.62. The molecule has 0 radical (unpaired) electrons.